The summed E-state index contributed by atoms with van der Waals surface area (Å²) in [6, 6.07) is 6.11. The van der Waals surface area contributed by atoms with Gasteiger partial charge in [0.15, 0.2) is 11.0 Å². The first-order chi connectivity index (χ1) is 15.0. The second-order valence-electron chi connectivity index (χ2n) is 7.56. The number of fused-ring (bicyclic) bond motifs is 1. The molecule has 3 aromatic rings. The number of nitro groups is 1. The molecule has 1 aromatic carbocycles. The van der Waals surface area contributed by atoms with Gasteiger partial charge in [0.2, 0.25) is 5.91 Å². The van der Waals surface area contributed by atoms with Crippen molar-refractivity contribution in [3.05, 3.63) is 50.2 Å². The maximum atomic E-state index is 12.4. The Balaban J connectivity index is 1.48. The minimum Gasteiger partial charge on any atom is -0.320 e. The van der Waals surface area contributed by atoms with Gasteiger partial charge in [-0.25, -0.2) is 0 Å². The number of thioether (sulfide) groups is 1. The van der Waals surface area contributed by atoms with Gasteiger partial charge in [0.05, 0.1) is 10.7 Å². The third kappa shape index (κ3) is 4.49. The number of aromatic nitrogens is 3. The Morgan fingerprint density at radius 2 is 2.19 bits per heavy atom. The fourth-order valence-corrected chi connectivity index (χ4v) is 5.84. The quantitative estimate of drug-likeness (QED) is 0.311. The van der Waals surface area contributed by atoms with Crippen molar-refractivity contribution in [2.24, 2.45) is 5.92 Å². The number of benzene rings is 1. The van der Waals surface area contributed by atoms with Gasteiger partial charge >= 0.3 is 0 Å². The van der Waals surface area contributed by atoms with Crippen LogP contribution in [-0.2, 0) is 24.2 Å². The van der Waals surface area contributed by atoms with E-state index in [0.29, 0.717) is 17.6 Å². The van der Waals surface area contributed by atoms with Gasteiger partial charge in [0, 0.05) is 28.4 Å². The number of anilines is 1. The van der Waals surface area contributed by atoms with Crippen molar-refractivity contribution < 1.29 is 9.72 Å². The molecule has 1 amide bonds. The Morgan fingerprint density at radius 1 is 1.39 bits per heavy atom. The van der Waals surface area contributed by atoms with Crippen LogP contribution in [0.5, 0.6) is 0 Å². The summed E-state index contributed by atoms with van der Waals surface area (Å²) in [6.07, 6.45) is 3.37. The number of carbonyl (C=O) groups excluding carboxylic acids is 1. The molecular weight excluding hydrogens is 434 g/mol. The summed E-state index contributed by atoms with van der Waals surface area (Å²) in [5.41, 5.74) is 2.60. The molecule has 31 heavy (non-hydrogen) atoms. The summed E-state index contributed by atoms with van der Waals surface area (Å²) in [5, 5.41) is 25.4. The van der Waals surface area contributed by atoms with Crippen molar-refractivity contribution in [1.29, 1.82) is 0 Å². The van der Waals surface area contributed by atoms with Gasteiger partial charge in [-0.2, -0.15) is 0 Å². The molecular formula is C21H23N5O3S2. The molecule has 4 rings (SSSR count). The van der Waals surface area contributed by atoms with Gasteiger partial charge < -0.3 is 9.88 Å². The molecule has 0 saturated carbocycles. The lowest BCUT2D eigenvalue weighted by atomic mass is 9.88. The van der Waals surface area contributed by atoms with Crippen LogP contribution in [0, 0.1) is 16.0 Å². The third-order valence-electron chi connectivity index (χ3n) is 5.38. The maximum absolute atomic E-state index is 12.4. The normalized spacial score (nSPS) is 15.5. The average molecular weight is 458 g/mol. The van der Waals surface area contributed by atoms with Crippen LogP contribution in [0.2, 0.25) is 0 Å². The number of para-hydroxylation sites is 2. The molecule has 0 fully saturated rings. The van der Waals surface area contributed by atoms with E-state index in [4.69, 9.17) is 0 Å². The van der Waals surface area contributed by atoms with Crippen molar-refractivity contribution in [2.45, 2.75) is 44.8 Å². The Bertz CT molecular complexity index is 1120. The highest BCUT2D eigenvalue weighted by Gasteiger charge is 2.24. The van der Waals surface area contributed by atoms with Gasteiger partial charge in [-0.3, -0.25) is 14.9 Å². The average Bonchev–Trinajstić information content (AvgIpc) is 3.35. The Morgan fingerprint density at radius 3 is 2.97 bits per heavy atom. The van der Waals surface area contributed by atoms with Gasteiger partial charge in [0.1, 0.15) is 5.69 Å². The predicted octanol–water partition coefficient (Wildman–Crippen LogP) is 4.79. The smallest absolute Gasteiger partial charge is 0.292 e. The van der Waals surface area contributed by atoms with Gasteiger partial charge in [-0.1, -0.05) is 30.8 Å². The largest absolute Gasteiger partial charge is 0.320 e. The monoisotopic (exact) mass is 457 g/mol. The number of hydrogen-bond acceptors (Lipinski definition) is 7. The molecule has 1 atom stereocenters. The van der Waals surface area contributed by atoms with Crippen LogP contribution in [-0.4, -0.2) is 31.3 Å². The summed E-state index contributed by atoms with van der Waals surface area (Å²) in [4.78, 5) is 24.5. The predicted molar refractivity (Wildman–Crippen MR) is 123 cm³/mol. The van der Waals surface area contributed by atoms with Crippen molar-refractivity contribution >= 4 is 40.4 Å². The Kier molecular flexibility index (Phi) is 6.38. The van der Waals surface area contributed by atoms with Crippen LogP contribution >= 0.6 is 23.1 Å². The molecule has 8 nitrogen and oxygen atoms in total. The highest BCUT2D eigenvalue weighted by Crippen LogP contribution is 2.38. The number of rotatable bonds is 7. The number of carbonyl (C=O) groups is 1. The molecule has 0 saturated heterocycles. The number of thiophene rings is 1. The maximum Gasteiger partial charge on any atom is 0.292 e. The number of hydrogen-bond donors (Lipinski definition) is 1. The summed E-state index contributed by atoms with van der Waals surface area (Å²) >= 11 is 3.08. The molecule has 0 spiro atoms. The van der Waals surface area contributed by atoms with Crippen LogP contribution in [0.3, 0.4) is 0 Å². The van der Waals surface area contributed by atoms with Crippen LogP contribution in [0.4, 0.5) is 11.4 Å². The zero-order valence-corrected chi connectivity index (χ0v) is 19.0. The Labute approximate surface area is 188 Å². The van der Waals surface area contributed by atoms with Crippen molar-refractivity contribution in [2.75, 3.05) is 11.1 Å². The van der Waals surface area contributed by atoms with E-state index in [-0.39, 0.29) is 23.0 Å². The van der Waals surface area contributed by atoms with Crippen LogP contribution in [0.15, 0.2) is 34.8 Å². The van der Waals surface area contributed by atoms with Crippen LogP contribution < -0.4 is 5.32 Å². The first kappa shape index (κ1) is 21.5. The molecule has 0 radical (unpaired) electrons. The standard InChI is InChI=1S/C21H23N5O3S2/c1-3-25-20(15-11-30-18-10-13(2)8-9-14(15)18)23-24-21(25)31-12-19(27)22-16-6-4-5-7-17(16)26(28)29/h4-7,11,13H,3,8-10,12H2,1-2H3,(H,22,27). The van der Waals surface area contributed by atoms with Gasteiger partial charge in [-0.05, 0) is 43.7 Å². The first-order valence-corrected chi connectivity index (χ1v) is 12.0. The van der Waals surface area contributed by atoms with E-state index in [1.807, 2.05) is 11.5 Å². The molecule has 10 heteroatoms. The van der Waals surface area contributed by atoms with E-state index >= 15 is 0 Å². The number of nitrogens with zero attached hydrogens (tertiary/aromatic N) is 4. The van der Waals surface area contributed by atoms with Crippen LogP contribution in [0.25, 0.3) is 11.4 Å². The molecule has 2 heterocycles. The third-order valence-corrected chi connectivity index (χ3v) is 7.40. The molecule has 1 aliphatic carbocycles. The zero-order chi connectivity index (χ0) is 22.0. The van der Waals surface area contributed by atoms with E-state index in [1.54, 1.807) is 23.5 Å². The summed E-state index contributed by atoms with van der Waals surface area (Å²) in [7, 11) is 0. The van der Waals surface area contributed by atoms with Crippen molar-refractivity contribution in [1.82, 2.24) is 14.8 Å². The van der Waals surface area contributed by atoms with Gasteiger partial charge in [0.25, 0.3) is 5.69 Å². The lowest BCUT2D eigenvalue weighted by molar-refractivity contribution is -0.383. The van der Waals surface area contributed by atoms with E-state index in [9.17, 15) is 14.9 Å². The number of nitro benzene ring substituents is 1. The van der Waals surface area contributed by atoms with E-state index < -0.39 is 4.92 Å². The van der Waals surface area contributed by atoms with Crippen molar-refractivity contribution in [3.8, 4) is 11.4 Å². The highest BCUT2D eigenvalue weighted by atomic mass is 32.2. The molecule has 1 N–H and O–H groups in total. The highest BCUT2D eigenvalue weighted by molar-refractivity contribution is 7.99. The van der Waals surface area contributed by atoms with Crippen molar-refractivity contribution in [3.63, 3.8) is 0 Å². The molecule has 1 aliphatic rings. The van der Waals surface area contributed by atoms with E-state index in [0.717, 1.165) is 24.2 Å². The number of nitrogens with one attached hydrogen (secondary N) is 1. The lowest BCUT2D eigenvalue weighted by Crippen LogP contribution is -2.15. The van der Waals surface area contributed by atoms with E-state index in [2.05, 4.69) is 27.8 Å². The minimum absolute atomic E-state index is 0.0867. The molecule has 0 aliphatic heterocycles. The summed E-state index contributed by atoms with van der Waals surface area (Å²) < 4.78 is 2.03. The zero-order valence-electron chi connectivity index (χ0n) is 17.3. The molecule has 162 valence electrons. The van der Waals surface area contributed by atoms with Gasteiger partial charge in [-0.15, -0.1) is 21.5 Å². The topological polar surface area (TPSA) is 103 Å². The summed E-state index contributed by atoms with van der Waals surface area (Å²) in [6.45, 7) is 5.02. The molecule has 0 bridgehead atoms. The first-order valence-electron chi connectivity index (χ1n) is 10.2. The summed E-state index contributed by atoms with van der Waals surface area (Å²) in [5.74, 6) is 1.32. The minimum atomic E-state index is -0.509. The fraction of sp³-hybridized carbons (Fsp3) is 0.381. The molecule has 1 unspecified atom stereocenters. The second kappa shape index (κ2) is 9.19. The Hall–Kier alpha value is -2.72. The van der Waals surface area contributed by atoms with Crippen LogP contribution in [0.1, 0.15) is 30.7 Å². The number of amides is 1. The molecule has 2 aromatic heterocycles. The van der Waals surface area contributed by atoms with E-state index in [1.165, 1.54) is 40.8 Å². The SMILES string of the molecule is CCn1c(SCC(=O)Nc2ccccc2[N+](=O)[O-])nnc1-c1csc2c1CCC(C)C2. The fourth-order valence-electron chi connectivity index (χ4n) is 3.80. The second-order valence-corrected chi connectivity index (χ2v) is 9.47. The lowest BCUT2D eigenvalue weighted by Gasteiger charge is -2.19.